The fraction of sp³-hybridized carbons (Fsp3) is 0.118. The first kappa shape index (κ1) is 15.8. The number of hydrogen-bond donors (Lipinski definition) is 2. The summed E-state index contributed by atoms with van der Waals surface area (Å²) >= 11 is 0. The zero-order valence-electron chi connectivity index (χ0n) is 12.6. The lowest BCUT2D eigenvalue weighted by Gasteiger charge is -2.13. The predicted molar refractivity (Wildman–Crippen MR) is 85.1 cm³/mol. The van der Waals surface area contributed by atoms with Gasteiger partial charge in [-0.3, -0.25) is 4.79 Å². The van der Waals surface area contributed by atoms with Gasteiger partial charge in [-0.15, -0.1) is 0 Å². The predicted octanol–water partition coefficient (Wildman–Crippen LogP) is 1.87. The summed E-state index contributed by atoms with van der Waals surface area (Å²) in [5.41, 5.74) is 0.319. The number of carbonyl (C=O) groups excluding carboxylic acids is 1. The molecule has 0 spiro atoms. The van der Waals surface area contributed by atoms with E-state index in [-0.39, 0.29) is 17.8 Å². The number of nitrogens with zero attached hydrogens (tertiary/aromatic N) is 3. The van der Waals surface area contributed by atoms with Gasteiger partial charge >= 0.3 is 0 Å². The average molecular weight is 326 g/mol. The van der Waals surface area contributed by atoms with Crippen LogP contribution in [0.3, 0.4) is 0 Å². The lowest BCUT2D eigenvalue weighted by atomic mass is 10.1. The zero-order chi connectivity index (χ0) is 16.9. The SMILES string of the molecule is O=C(NC[C@@H](O)c1ccccc1F)c1cccc(-n2cccn2)n1. The van der Waals surface area contributed by atoms with Crippen molar-refractivity contribution < 1.29 is 14.3 Å². The van der Waals surface area contributed by atoms with Crippen molar-refractivity contribution in [1.82, 2.24) is 20.1 Å². The lowest BCUT2D eigenvalue weighted by Crippen LogP contribution is -2.29. The lowest BCUT2D eigenvalue weighted by molar-refractivity contribution is 0.0909. The third-order valence-electron chi connectivity index (χ3n) is 3.43. The van der Waals surface area contributed by atoms with E-state index in [1.807, 2.05) is 0 Å². The summed E-state index contributed by atoms with van der Waals surface area (Å²) in [6.07, 6.45) is 2.19. The van der Waals surface area contributed by atoms with Crippen molar-refractivity contribution >= 4 is 5.91 Å². The van der Waals surface area contributed by atoms with E-state index in [0.29, 0.717) is 5.82 Å². The topological polar surface area (TPSA) is 80.0 Å². The van der Waals surface area contributed by atoms with Gasteiger partial charge in [0.2, 0.25) is 0 Å². The molecule has 0 aliphatic rings. The minimum Gasteiger partial charge on any atom is -0.386 e. The second-order valence-electron chi connectivity index (χ2n) is 5.08. The zero-order valence-corrected chi connectivity index (χ0v) is 12.6. The van der Waals surface area contributed by atoms with E-state index in [9.17, 15) is 14.3 Å². The van der Waals surface area contributed by atoms with Crippen molar-refractivity contribution in [3.8, 4) is 5.82 Å². The van der Waals surface area contributed by atoms with Crippen molar-refractivity contribution in [1.29, 1.82) is 0 Å². The highest BCUT2D eigenvalue weighted by Crippen LogP contribution is 2.15. The fourth-order valence-corrected chi connectivity index (χ4v) is 2.22. The first-order valence-corrected chi connectivity index (χ1v) is 7.33. The molecule has 1 aromatic carbocycles. The highest BCUT2D eigenvalue weighted by atomic mass is 19.1. The van der Waals surface area contributed by atoms with Gasteiger partial charge in [0.15, 0.2) is 5.82 Å². The van der Waals surface area contributed by atoms with E-state index < -0.39 is 17.8 Å². The number of hydrogen-bond acceptors (Lipinski definition) is 4. The molecule has 1 amide bonds. The summed E-state index contributed by atoms with van der Waals surface area (Å²) in [4.78, 5) is 16.4. The van der Waals surface area contributed by atoms with Crippen LogP contribution in [0.4, 0.5) is 4.39 Å². The van der Waals surface area contributed by atoms with E-state index in [2.05, 4.69) is 15.4 Å². The maximum absolute atomic E-state index is 13.6. The van der Waals surface area contributed by atoms with Gasteiger partial charge in [-0.25, -0.2) is 14.1 Å². The third kappa shape index (κ3) is 3.47. The monoisotopic (exact) mass is 326 g/mol. The number of aromatic nitrogens is 3. The Bertz CT molecular complexity index is 836. The molecule has 2 heterocycles. The van der Waals surface area contributed by atoms with Crippen LogP contribution in [0.2, 0.25) is 0 Å². The van der Waals surface area contributed by atoms with Crippen LogP contribution >= 0.6 is 0 Å². The van der Waals surface area contributed by atoms with E-state index in [4.69, 9.17) is 0 Å². The molecule has 0 saturated carbocycles. The van der Waals surface area contributed by atoms with Crippen LogP contribution in [-0.4, -0.2) is 32.3 Å². The minimum atomic E-state index is -1.13. The normalized spacial score (nSPS) is 11.9. The molecule has 0 saturated heterocycles. The summed E-state index contributed by atoms with van der Waals surface area (Å²) in [6.45, 7) is -0.118. The quantitative estimate of drug-likeness (QED) is 0.750. The summed E-state index contributed by atoms with van der Waals surface area (Å²) in [5, 5.41) is 16.6. The average Bonchev–Trinajstić information content (AvgIpc) is 3.14. The Labute approximate surface area is 137 Å². The van der Waals surface area contributed by atoms with Crippen LogP contribution in [0.1, 0.15) is 22.2 Å². The number of pyridine rings is 1. The van der Waals surface area contributed by atoms with E-state index in [1.165, 1.54) is 22.9 Å². The number of carbonyl (C=O) groups is 1. The smallest absolute Gasteiger partial charge is 0.270 e. The molecule has 3 aromatic rings. The standard InChI is InChI=1S/C17H15FN4O2/c18-13-6-2-1-5-12(13)15(23)11-19-17(24)14-7-3-8-16(21-14)22-10-4-9-20-22/h1-10,15,23H,11H2,(H,19,24)/t15-/m1/s1. The number of benzene rings is 1. The van der Waals surface area contributed by atoms with Gasteiger partial charge in [-0.2, -0.15) is 5.10 Å². The molecule has 0 bridgehead atoms. The Balaban J connectivity index is 1.67. The number of amides is 1. The van der Waals surface area contributed by atoms with Gasteiger partial charge in [-0.1, -0.05) is 24.3 Å². The van der Waals surface area contributed by atoms with Gasteiger partial charge in [0, 0.05) is 24.5 Å². The molecule has 2 aromatic heterocycles. The van der Waals surface area contributed by atoms with Gasteiger partial charge in [0.05, 0.1) is 6.10 Å². The highest BCUT2D eigenvalue weighted by molar-refractivity contribution is 5.92. The Morgan fingerprint density at radius 2 is 2.04 bits per heavy atom. The van der Waals surface area contributed by atoms with Crippen molar-refractivity contribution in [3.05, 3.63) is 78.0 Å². The first-order chi connectivity index (χ1) is 11.6. The summed E-state index contributed by atoms with van der Waals surface area (Å²) in [7, 11) is 0. The molecule has 3 rings (SSSR count). The highest BCUT2D eigenvalue weighted by Gasteiger charge is 2.15. The molecular weight excluding hydrogens is 311 g/mol. The number of rotatable bonds is 5. The van der Waals surface area contributed by atoms with E-state index in [0.717, 1.165) is 0 Å². The van der Waals surface area contributed by atoms with Gasteiger partial charge in [0.1, 0.15) is 11.5 Å². The second kappa shape index (κ2) is 7.01. The molecule has 0 aliphatic heterocycles. The number of halogens is 1. The van der Waals surface area contributed by atoms with Gasteiger partial charge < -0.3 is 10.4 Å². The molecule has 122 valence electrons. The molecule has 0 radical (unpaired) electrons. The van der Waals surface area contributed by atoms with Crippen molar-refractivity contribution in [3.63, 3.8) is 0 Å². The molecule has 0 fully saturated rings. The Hall–Kier alpha value is -3.06. The molecule has 0 unspecified atom stereocenters. The van der Waals surface area contributed by atoms with Crippen LogP contribution in [0.15, 0.2) is 60.9 Å². The van der Waals surface area contributed by atoms with Crippen LogP contribution in [-0.2, 0) is 0 Å². The van der Waals surface area contributed by atoms with Crippen LogP contribution < -0.4 is 5.32 Å². The van der Waals surface area contributed by atoms with Crippen LogP contribution in [0.25, 0.3) is 5.82 Å². The Kier molecular flexibility index (Phi) is 4.62. The summed E-state index contributed by atoms with van der Waals surface area (Å²) in [6, 6.07) is 12.6. The Morgan fingerprint density at radius 3 is 2.79 bits per heavy atom. The fourth-order valence-electron chi connectivity index (χ4n) is 2.22. The van der Waals surface area contributed by atoms with E-state index >= 15 is 0 Å². The molecule has 0 aliphatic carbocycles. The van der Waals surface area contributed by atoms with Crippen molar-refractivity contribution in [2.24, 2.45) is 0 Å². The van der Waals surface area contributed by atoms with E-state index in [1.54, 1.807) is 42.7 Å². The summed E-state index contributed by atoms with van der Waals surface area (Å²) < 4.78 is 15.1. The Morgan fingerprint density at radius 1 is 1.21 bits per heavy atom. The largest absolute Gasteiger partial charge is 0.386 e. The number of nitrogens with one attached hydrogen (secondary N) is 1. The number of aliphatic hydroxyl groups excluding tert-OH is 1. The minimum absolute atomic E-state index is 0.118. The second-order valence-corrected chi connectivity index (χ2v) is 5.08. The molecule has 7 heteroatoms. The number of aliphatic hydroxyl groups is 1. The molecule has 2 N–H and O–H groups in total. The molecule has 24 heavy (non-hydrogen) atoms. The maximum Gasteiger partial charge on any atom is 0.270 e. The summed E-state index contributed by atoms with van der Waals surface area (Å²) in [5.74, 6) is -0.472. The van der Waals surface area contributed by atoms with Crippen LogP contribution in [0, 0.1) is 5.82 Å². The molecule has 1 atom stereocenters. The van der Waals surface area contributed by atoms with Gasteiger partial charge in [0.25, 0.3) is 5.91 Å². The molecule has 6 nitrogen and oxygen atoms in total. The van der Waals surface area contributed by atoms with Crippen LogP contribution in [0.5, 0.6) is 0 Å². The molecular formula is C17H15FN4O2. The van der Waals surface area contributed by atoms with Crippen molar-refractivity contribution in [2.75, 3.05) is 6.54 Å². The maximum atomic E-state index is 13.6. The first-order valence-electron chi connectivity index (χ1n) is 7.33. The van der Waals surface area contributed by atoms with Gasteiger partial charge in [-0.05, 0) is 24.3 Å². The van der Waals surface area contributed by atoms with Crippen molar-refractivity contribution in [2.45, 2.75) is 6.10 Å². The third-order valence-corrected chi connectivity index (χ3v) is 3.43.